The molecule has 2 aliphatic rings. The Morgan fingerprint density at radius 1 is 1.07 bits per heavy atom. The Kier molecular flexibility index (Phi) is 3.97. The third kappa shape index (κ3) is 3.29. The first-order valence-electron chi connectivity index (χ1n) is 9.65. The number of rotatable bonds is 4. The molecule has 1 amide bonds. The van der Waals surface area contributed by atoms with Gasteiger partial charge in [-0.3, -0.25) is 4.79 Å². The molecule has 3 aromatic rings. The van der Waals surface area contributed by atoms with Crippen LogP contribution in [0.2, 0.25) is 0 Å². The number of nitrogens with one attached hydrogen (secondary N) is 2. The second-order valence-corrected chi connectivity index (χ2v) is 8.12. The van der Waals surface area contributed by atoms with Crippen molar-refractivity contribution in [3.05, 3.63) is 71.6 Å². The van der Waals surface area contributed by atoms with Crippen LogP contribution in [0.25, 0.3) is 0 Å². The number of benzene rings is 2. The highest BCUT2D eigenvalue weighted by Gasteiger charge is 2.50. The van der Waals surface area contributed by atoms with Crippen LogP contribution in [-0.2, 0) is 4.79 Å². The molecule has 0 radical (unpaired) electrons. The van der Waals surface area contributed by atoms with E-state index in [4.69, 9.17) is 9.41 Å². The average molecular weight is 387 g/mol. The van der Waals surface area contributed by atoms with E-state index in [1.807, 2.05) is 54.6 Å². The van der Waals surface area contributed by atoms with Gasteiger partial charge in [0.1, 0.15) is 0 Å². The van der Waals surface area contributed by atoms with E-state index in [0.29, 0.717) is 5.89 Å². The molecule has 2 atom stereocenters. The van der Waals surface area contributed by atoms with E-state index in [2.05, 4.69) is 34.7 Å². The lowest BCUT2D eigenvalue weighted by Gasteiger charge is -2.11. The van der Waals surface area contributed by atoms with Crippen molar-refractivity contribution < 1.29 is 9.21 Å². The van der Waals surface area contributed by atoms with Crippen LogP contribution in [0.5, 0.6) is 0 Å². The topological polar surface area (TPSA) is 92.4 Å². The van der Waals surface area contributed by atoms with Gasteiger partial charge >= 0.3 is 6.01 Å². The molecular formula is C22H21N5O2. The van der Waals surface area contributed by atoms with Crippen molar-refractivity contribution in [2.24, 2.45) is 10.4 Å². The molecule has 7 nitrogen and oxygen atoms in total. The van der Waals surface area contributed by atoms with Crippen molar-refractivity contribution in [1.29, 1.82) is 0 Å². The molecule has 7 heteroatoms. The molecule has 1 aliphatic carbocycles. The molecule has 2 aromatic carbocycles. The quantitative estimate of drug-likeness (QED) is 0.710. The van der Waals surface area contributed by atoms with Crippen molar-refractivity contribution in [3.8, 4) is 0 Å². The predicted octanol–water partition coefficient (Wildman–Crippen LogP) is 3.81. The van der Waals surface area contributed by atoms with Crippen molar-refractivity contribution in [1.82, 2.24) is 10.2 Å². The van der Waals surface area contributed by atoms with Gasteiger partial charge in [-0.2, -0.15) is 0 Å². The third-order valence-electron chi connectivity index (χ3n) is 5.51. The van der Waals surface area contributed by atoms with E-state index in [9.17, 15) is 4.79 Å². The van der Waals surface area contributed by atoms with Crippen LogP contribution < -0.4 is 10.6 Å². The summed E-state index contributed by atoms with van der Waals surface area (Å²) in [6.07, 6.45) is 0.127. The number of carbonyl (C=O) groups excluding carboxylic acids is 1. The number of para-hydroxylation sites is 1. The fraction of sp³-hybridized carbons (Fsp3) is 0.273. The number of anilines is 2. The lowest BCUT2D eigenvalue weighted by atomic mass is 10.0. The molecule has 0 unspecified atom stereocenters. The van der Waals surface area contributed by atoms with Crippen molar-refractivity contribution in [2.45, 2.75) is 32.4 Å². The van der Waals surface area contributed by atoms with Crippen molar-refractivity contribution >= 4 is 23.3 Å². The number of nitrogens with zero attached hydrogens (tertiary/aromatic N) is 3. The molecular weight excluding hydrogens is 366 g/mol. The van der Waals surface area contributed by atoms with Gasteiger partial charge in [-0.25, -0.2) is 4.99 Å². The van der Waals surface area contributed by atoms with E-state index in [1.165, 1.54) is 0 Å². The van der Waals surface area contributed by atoms with Crippen LogP contribution in [-0.4, -0.2) is 28.0 Å². The lowest BCUT2D eigenvalue weighted by molar-refractivity contribution is -0.116. The van der Waals surface area contributed by atoms with Crippen LogP contribution >= 0.6 is 0 Å². The summed E-state index contributed by atoms with van der Waals surface area (Å²) in [4.78, 5) is 17.6. The SMILES string of the molecule is CC1(C)C[C@@H]1c1nnc(N[C@H]2N=C(c3ccccc3)c3ccccc3NC2=O)o1. The minimum Gasteiger partial charge on any atom is -0.408 e. The molecule has 0 bridgehead atoms. The third-order valence-corrected chi connectivity index (χ3v) is 5.51. The second-order valence-electron chi connectivity index (χ2n) is 8.12. The number of amides is 1. The van der Waals surface area contributed by atoms with Crippen LogP contribution in [0, 0.1) is 5.41 Å². The lowest BCUT2D eigenvalue weighted by Crippen LogP contribution is -2.32. The monoisotopic (exact) mass is 387 g/mol. The van der Waals surface area contributed by atoms with E-state index < -0.39 is 6.17 Å². The van der Waals surface area contributed by atoms with Crippen molar-refractivity contribution in [2.75, 3.05) is 10.6 Å². The molecule has 2 heterocycles. The fourth-order valence-electron chi connectivity index (χ4n) is 3.62. The zero-order valence-electron chi connectivity index (χ0n) is 16.2. The molecule has 1 saturated carbocycles. The summed E-state index contributed by atoms with van der Waals surface area (Å²) >= 11 is 0. The summed E-state index contributed by atoms with van der Waals surface area (Å²) in [5, 5.41) is 14.2. The Balaban J connectivity index is 1.49. The molecule has 5 rings (SSSR count). The first-order chi connectivity index (χ1) is 14.0. The minimum absolute atomic E-state index is 0.184. The van der Waals surface area contributed by atoms with Crippen LogP contribution in [0.3, 0.4) is 0 Å². The van der Waals surface area contributed by atoms with E-state index in [0.717, 1.165) is 28.9 Å². The van der Waals surface area contributed by atoms with E-state index >= 15 is 0 Å². The summed E-state index contributed by atoms with van der Waals surface area (Å²) in [5.74, 6) is 0.582. The molecule has 146 valence electrons. The smallest absolute Gasteiger partial charge is 0.317 e. The predicted molar refractivity (Wildman–Crippen MR) is 110 cm³/mol. The van der Waals surface area contributed by atoms with Gasteiger partial charge in [-0.05, 0) is 17.9 Å². The van der Waals surface area contributed by atoms with Gasteiger partial charge in [0.05, 0.1) is 11.4 Å². The fourth-order valence-corrected chi connectivity index (χ4v) is 3.62. The zero-order valence-corrected chi connectivity index (χ0v) is 16.2. The Morgan fingerprint density at radius 3 is 2.55 bits per heavy atom. The Hall–Kier alpha value is -3.48. The number of hydrogen-bond acceptors (Lipinski definition) is 6. The first kappa shape index (κ1) is 17.6. The minimum atomic E-state index is -0.891. The number of aromatic nitrogens is 2. The number of aliphatic imine (C=N–C) groups is 1. The summed E-state index contributed by atoms with van der Waals surface area (Å²) in [7, 11) is 0. The van der Waals surface area contributed by atoms with Gasteiger partial charge in [0.15, 0.2) is 0 Å². The Morgan fingerprint density at radius 2 is 1.79 bits per heavy atom. The summed E-state index contributed by atoms with van der Waals surface area (Å²) in [6, 6.07) is 17.6. The van der Waals surface area contributed by atoms with Crippen molar-refractivity contribution in [3.63, 3.8) is 0 Å². The van der Waals surface area contributed by atoms with Crippen LogP contribution in [0.15, 0.2) is 64.0 Å². The summed E-state index contributed by atoms with van der Waals surface area (Å²) in [6.45, 7) is 4.34. The van der Waals surface area contributed by atoms with Gasteiger partial charge in [0, 0.05) is 17.0 Å². The zero-order chi connectivity index (χ0) is 20.0. The maximum absolute atomic E-state index is 12.8. The van der Waals surface area contributed by atoms with E-state index in [1.54, 1.807) is 0 Å². The highest BCUT2D eigenvalue weighted by Crippen LogP contribution is 2.58. The molecule has 1 aliphatic heterocycles. The second kappa shape index (κ2) is 6.55. The maximum Gasteiger partial charge on any atom is 0.317 e. The summed E-state index contributed by atoms with van der Waals surface area (Å²) < 4.78 is 5.77. The molecule has 1 fully saturated rings. The van der Waals surface area contributed by atoms with Gasteiger partial charge in [0.2, 0.25) is 12.1 Å². The van der Waals surface area contributed by atoms with Crippen LogP contribution in [0.1, 0.15) is 43.2 Å². The normalized spacial score (nSPS) is 22.1. The standard InChI is InChI=1S/C22H21N5O2/c1-22(2)12-15(22)20-26-27-21(29-20)25-18-19(28)23-16-11-7-6-10-14(16)17(24-18)13-8-4-3-5-9-13/h3-11,15,18H,12H2,1-2H3,(H,23,28)(H,25,27)/t15-,18-/m1/s1. The van der Waals surface area contributed by atoms with Gasteiger partial charge in [-0.15, -0.1) is 5.10 Å². The maximum atomic E-state index is 12.8. The molecule has 2 N–H and O–H groups in total. The van der Waals surface area contributed by atoms with E-state index in [-0.39, 0.29) is 23.3 Å². The molecule has 0 spiro atoms. The molecule has 1 aromatic heterocycles. The Labute approximate surface area is 168 Å². The first-order valence-corrected chi connectivity index (χ1v) is 9.65. The number of carbonyl (C=O) groups is 1. The number of fused-ring (bicyclic) bond motifs is 1. The molecule has 29 heavy (non-hydrogen) atoms. The number of hydrogen-bond donors (Lipinski definition) is 2. The summed E-state index contributed by atoms with van der Waals surface area (Å²) in [5.41, 5.74) is 3.41. The number of benzodiazepines with no additional fused rings is 1. The Bertz CT molecular complexity index is 1100. The van der Waals surface area contributed by atoms with Crippen LogP contribution in [0.4, 0.5) is 11.7 Å². The average Bonchev–Trinajstić information content (AvgIpc) is 3.17. The largest absolute Gasteiger partial charge is 0.408 e. The van der Waals surface area contributed by atoms with Gasteiger partial charge in [-0.1, -0.05) is 67.5 Å². The highest BCUT2D eigenvalue weighted by atomic mass is 16.4. The van der Waals surface area contributed by atoms with Gasteiger partial charge in [0.25, 0.3) is 5.91 Å². The molecule has 0 saturated heterocycles. The van der Waals surface area contributed by atoms with Gasteiger partial charge < -0.3 is 15.1 Å². The highest BCUT2D eigenvalue weighted by molar-refractivity contribution is 6.19.